The molecule has 0 aliphatic carbocycles. The SMILES string of the molecule is CCC(N)Cc1ccc(N(C)Cc2cc(Br)cs2)nc1. The molecule has 5 heteroatoms. The lowest BCUT2D eigenvalue weighted by molar-refractivity contribution is 0.645. The Kier molecular flexibility index (Phi) is 5.57. The number of thiophene rings is 1. The molecule has 2 aromatic rings. The first-order valence-corrected chi connectivity index (χ1v) is 8.40. The largest absolute Gasteiger partial charge is 0.355 e. The fourth-order valence-corrected chi connectivity index (χ4v) is 3.47. The summed E-state index contributed by atoms with van der Waals surface area (Å²) in [5, 5.41) is 2.10. The van der Waals surface area contributed by atoms with E-state index in [-0.39, 0.29) is 6.04 Å². The van der Waals surface area contributed by atoms with E-state index in [0.717, 1.165) is 29.7 Å². The van der Waals surface area contributed by atoms with Crippen molar-refractivity contribution in [2.45, 2.75) is 32.4 Å². The molecule has 0 spiro atoms. The lowest BCUT2D eigenvalue weighted by atomic mass is 10.1. The van der Waals surface area contributed by atoms with E-state index in [1.807, 2.05) is 6.20 Å². The van der Waals surface area contributed by atoms with Crippen molar-refractivity contribution in [1.29, 1.82) is 0 Å². The third-order valence-corrected chi connectivity index (χ3v) is 4.92. The number of nitrogens with two attached hydrogens (primary N) is 1. The van der Waals surface area contributed by atoms with Gasteiger partial charge in [0.05, 0.1) is 6.54 Å². The molecular formula is C15H20BrN3S. The zero-order chi connectivity index (χ0) is 14.5. The third-order valence-electron chi connectivity index (χ3n) is 3.24. The normalized spacial score (nSPS) is 12.4. The molecule has 1 atom stereocenters. The van der Waals surface area contributed by atoms with Crippen LogP contribution in [0.15, 0.2) is 34.2 Å². The van der Waals surface area contributed by atoms with Gasteiger partial charge in [-0.1, -0.05) is 13.0 Å². The standard InChI is InChI=1S/C15H20BrN3S/c1-3-13(17)6-11-4-5-15(18-8-11)19(2)9-14-7-12(16)10-20-14/h4-5,7-8,10,13H,3,6,9,17H2,1-2H3. The van der Waals surface area contributed by atoms with Crippen LogP contribution in [-0.2, 0) is 13.0 Å². The van der Waals surface area contributed by atoms with Crippen molar-refractivity contribution >= 4 is 33.1 Å². The second-order valence-electron chi connectivity index (χ2n) is 4.98. The Morgan fingerprint density at radius 2 is 2.25 bits per heavy atom. The molecule has 0 saturated carbocycles. The molecule has 2 rings (SSSR count). The third kappa shape index (κ3) is 4.30. The van der Waals surface area contributed by atoms with Crippen LogP contribution in [0.5, 0.6) is 0 Å². The number of halogens is 1. The molecular weight excluding hydrogens is 334 g/mol. The highest BCUT2D eigenvalue weighted by molar-refractivity contribution is 9.10. The van der Waals surface area contributed by atoms with Crippen LogP contribution in [0.3, 0.4) is 0 Å². The highest BCUT2D eigenvalue weighted by Gasteiger charge is 2.07. The summed E-state index contributed by atoms with van der Waals surface area (Å²) in [6, 6.07) is 6.57. The number of hydrogen-bond donors (Lipinski definition) is 1. The van der Waals surface area contributed by atoms with Gasteiger partial charge in [0.1, 0.15) is 5.82 Å². The van der Waals surface area contributed by atoms with Gasteiger partial charge in [-0.2, -0.15) is 0 Å². The lowest BCUT2D eigenvalue weighted by Gasteiger charge is -2.17. The van der Waals surface area contributed by atoms with Gasteiger partial charge in [0.15, 0.2) is 0 Å². The maximum atomic E-state index is 5.97. The average molecular weight is 354 g/mol. The van der Waals surface area contributed by atoms with Gasteiger partial charge in [0.2, 0.25) is 0 Å². The predicted molar refractivity (Wildman–Crippen MR) is 90.3 cm³/mol. The number of nitrogens with zero attached hydrogens (tertiary/aromatic N) is 2. The van der Waals surface area contributed by atoms with Crippen LogP contribution in [-0.4, -0.2) is 18.1 Å². The quantitative estimate of drug-likeness (QED) is 0.858. The predicted octanol–water partition coefficient (Wildman–Crippen LogP) is 3.82. The molecule has 20 heavy (non-hydrogen) atoms. The van der Waals surface area contributed by atoms with Crippen LogP contribution >= 0.6 is 27.3 Å². The van der Waals surface area contributed by atoms with Gasteiger partial charge < -0.3 is 10.6 Å². The van der Waals surface area contributed by atoms with E-state index in [4.69, 9.17) is 5.73 Å². The molecule has 0 amide bonds. The Morgan fingerprint density at radius 1 is 1.45 bits per heavy atom. The van der Waals surface area contributed by atoms with Gasteiger partial charge in [-0.25, -0.2) is 4.98 Å². The van der Waals surface area contributed by atoms with Gasteiger partial charge in [-0.05, 0) is 46.5 Å². The highest BCUT2D eigenvalue weighted by atomic mass is 79.9. The second-order valence-corrected chi connectivity index (χ2v) is 6.90. The molecule has 3 nitrogen and oxygen atoms in total. The molecule has 0 radical (unpaired) electrons. The topological polar surface area (TPSA) is 42.1 Å². The first kappa shape index (κ1) is 15.5. The summed E-state index contributed by atoms with van der Waals surface area (Å²) in [5.74, 6) is 0.989. The molecule has 2 heterocycles. The summed E-state index contributed by atoms with van der Waals surface area (Å²) in [4.78, 5) is 8.00. The van der Waals surface area contributed by atoms with E-state index in [2.05, 4.69) is 63.4 Å². The van der Waals surface area contributed by atoms with Crippen molar-refractivity contribution in [3.63, 3.8) is 0 Å². The highest BCUT2D eigenvalue weighted by Crippen LogP contribution is 2.22. The van der Waals surface area contributed by atoms with Gasteiger partial charge in [-0.3, -0.25) is 0 Å². The maximum absolute atomic E-state index is 5.97. The summed E-state index contributed by atoms with van der Waals surface area (Å²) in [6.07, 6.45) is 3.83. The molecule has 0 saturated heterocycles. The molecule has 0 aromatic carbocycles. The smallest absolute Gasteiger partial charge is 0.128 e. The van der Waals surface area contributed by atoms with Crippen molar-refractivity contribution in [1.82, 2.24) is 4.98 Å². The molecule has 0 fully saturated rings. The zero-order valence-electron chi connectivity index (χ0n) is 11.8. The maximum Gasteiger partial charge on any atom is 0.128 e. The Bertz CT molecular complexity index is 538. The molecule has 2 aromatic heterocycles. The minimum Gasteiger partial charge on any atom is -0.355 e. The first-order chi connectivity index (χ1) is 9.58. The second kappa shape index (κ2) is 7.20. The van der Waals surface area contributed by atoms with E-state index in [0.29, 0.717) is 0 Å². The summed E-state index contributed by atoms with van der Waals surface area (Å²) < 4.78 is 1.14. The Balaban J connectivity index is 1.98. The van der Waals surface area contributed by atoms with Crippen molar-refractivity contribution < 1.29 is 0 Å². The van der Waals surface area contributed by atoms with E-state index in [9.17, 15) is 0 Å². The van der Waals surface area contributed by atoms with Crippen molar-refractivity contribution in [2.75, 3.05) is 11.9 Å². The van der Waals surface area contributed by atoms with Gasteiger partial charge in [0, 0.05) is 34.0 Å². The first-order valence-electron chi connectivity index (χ1n) is 6.73. The monoisotopic (exact) mass is 353 g/mol. The molecule has 0 aliphatic rings. The van der Waals surface area contributed by atoms with E-state index < -0.39 is 0 Å². The summed E-state index contributed by atoms with van der Waals surface area (Å²) >= 11 is 5.24. The Labute approximate surface area is 133 Å². The summed E-state index contributed by atoms with van der Waals surface area (Å²) in [7, 11) is 2.06. The fraction of sp³-hybridized carbons (Fsp3) is 0.400. The average Bonchev–Trinajstić information content (AvgIpc) is 2.84. The lowest BCUT2D eigenvalue weighted by Crippen LogP contribution is -2.21. The number of pyridine rings is 1. The Morgan fingerprint density at radius 3 is 2.80 bits per heavy atom. The van der Waals surface area contributed by atoms with Crippen LogP contribution in [0.1, 0.15) is 23.8 Å². The van der Waals surface area contributed by atoms with Crippen molar-refractivity contribution in [3.05, 3.63) is 44.7 Å². The van der Waals surface area contributed by atoms with Gasteiger partial charge >= 0.3 is 0 Å². The molecule has 2 N–H and O–H groups in total. The molecule has 0 bridgehead atoms. The van der Waals surface area contributed by atoms with E-state index in [1.165, 1.54) is 10.4 Å². The minimum absolute atomic E-state index is 0.226. The van der Waals surface area contributed by atoms with Crippen LogP contribution in [0.25, 0.3) is 0 Å². The van der Waals surface area contributed by atoms with Crippen LogP contribution in [0, 0.1) is 0 Å². The van der Waals surface area contributed by atoms with Crippen molar-refractivity contribution in [3.8, 4) is 0 Å². The van der Waals surface area contributed by atoms with E-state index in [1.54, 1.807) is 11.3 Å². The summed E-state index contributed by atoms with van der Waals surface area (Å²) in [5.41, 5.74) is 7.17. The van der Waals surface area contributed by atoms with E-state index >= 15 is 0 Å². The fourth-order valence-electron chi connectivity index (χ4n) is 1.96. The Hall–Kier alpha value is -0.910. The molecule has 1 unspecified atom stereocenters. The number of rotatable bonds is 6. The minimum atomic E-state index is 0.226. The van der Waals surface area contributed by atoms with Crippen LogP contribution < -0.4 is 10.6 Å². The zero-order valence-corrected chi connectivity index (χ0v) is 14.2. The van der Waals surface area contributed by atoms with Gasteiger partial charge in [-0.15, -0.1) is 11.3 Å². The molecule has 0 aliphatic heterocycles. The molecule has 108 valence electrons. The van der Waals surface area contributed by atoms with Crippen LogP contribution in [0.4, 0.5) is 5.82 Å². The number of hydrogen-bond acceptors (Lipinski definition) is 4. The van der Waals surface area contributed by atoms with Crippen molar-refractivity contribution in [2.24, 2.45) is 5.73 Å². The summed E-state index contributed by atoms with van der Waals surface area (Å²) in [6.45, 7) is 2.98. The van der Waals surface area contributed by atoms with Gasteiger partial charge in [0.25, 0.3) is 0 Å². The number of anilines is 1. The number of aromatic nitrogens is 1. The van der Waals surface area contributed by atoms with Crippen LogP contribution in [0.2, 0.25) is 0 Å².